The van der Waals surface area contributed by atoms with Crippen LogP contribution in [0.25, 0.3) is 11.2 Å². The molecule has 9 nitrogen and oxygen atoms in total. The molecule has 2 atom stereocenters. The van der Waals surface area contributed by atoms with E-state index < -0.39 is 5.60 Å². The van der Waals surface area contributed by atoms with Gasteiger partial charge in [0.25, 0.3) is 0 Å². The molecule has 1 fully saturated rings. The lowest BCUT2D eigenvalue weighted by molar-refractivity contribution is 0.0699. The van der Waals surface area contributed by atoms with Gasteiger partial charge in [-0.3, -0.25) is 4.99 Å². The smallest absolute Gasteiger partial charge is 0.176 e. The molecule has 3 N–H and O–H groups in total. The summed E-state index contributed by atoms with van der Waals surface area (Å²) in [5.74, 6) is 1.77. The second-order valence-corrected chi connectivity index (χ2v) is 8.71. The van der Waals surface area contributed by atoms with Crippen LogP contribution >= 0.6 is 12.4 Å². The largest absolute Gasteiger partial charge is 0.493 e. The zero-order valence-electron chi connectivity index (χ0n) is 19.4. The number of aromatic amines is 1. The first-order valence-electron chi connectivity index (χ1n) is 11.0. The van der Waals surface area contributed by atoms with E-state index in [0.717, 1.165) is 18.4 Å². The first kappa shape index (κ1) is 25.0. The summed E-state index contributed by atoms with van der Waals surface area (Å²) >= 11 is 0. The molecule has 4 rings (SSSR count). The highest BCUT2D eigenvalue weighted by Crippen LogP contribution is 2.33. The molecule has 1 aliphatic rings. The Balaban J connectivity index is 0.00000306. The fourth-order valence-corrected chi connectivity index (χ4v) is 3.96. The number of hydrogen-bond acceptors (Lipinski definition) is 7. The van der Waals surface area contributed by atoms with E-state index in [-0.39, 0.29) is 24.6 Å². The highest BCUT2D eigenvalue weighted by Gasteiger charge is 2.26. The molecule has 2 heterocycles. The number of rotatable bonds is 7. The summed E-state index contributed by atoms with van der Waals surface area (Å²) in [5, 5.41) is 20.3. The van der Waals surface area contributed by atoms with Crippen molar-refractivity contribution < 1.29 is 19.7 Å². The summed E-state index contributed by atoms with van der Waals surface area (Å²) in [6, 6.07) is 5.81. The van der Waals surface area contributed by atoms with Crippen LogP contribution in [0, 0.1) is 0 Å². The number of H-pyrrole nitrogens is 1. The van der Waals surface area contributed by atoms with Gasteiger partial charge < -0.3 is 29.2 Å². The predicted octanol–water partition coefficient (Wildman–Crippen LogP) is 2.68. The number of aliphatic hydroxyl groups is 2. The Morgan fingerprint density at radius 3 is 2.70 bits per heavy atom. The number of imidazole rings is 1. The maximum Gasteiger partial charge on any atom is 0.176 e. The number of hydrogen-bond donors (Lipinski definition) is 3. The molecule has 0 amide bonds. The van der Waals surface area contributed by atoms with Crippen molar-refractivity contribution in [3.63, 3.8) is 0 Å². The second kappa shape index (κ2) is 10.1. The van der Waals surface area contributed by atoms with E-state index in [4.69, 9.17) is 9.47 Å². The van der Waals surface area contributed by atoms with Crippen molar-refractivity contribution in [2.45, 2.75) is 64.4 Å². The van der Waals surface area contributed by atoms with E-state index in [1.807, 2.05) is 29.7 Å². The van der Waals surface area contributed by atoms with E-state index in [2.05, 4.69) is 19.9 Å². The molecule has 0 saturated heterocycles. The van der Waals surface area contributed by atoms with Crippen LogP contribution in [0.4, 0.5) is 0 Å². The third-order valence-electron chi connectivity index (χ3n) is 5.62. The Kier molecular flexibility index (Phi) is 7.66. The molecule has 3 aromatic rings. The first-order valence-corrected chi connectivity index (χ1v) is 11.0. The summed E-state index contributed by atoms with van der Waals surface area (Å²) in [7, 11) is 1.62. The van der Waals surface area contributed by atoms with Gasteiger partial charge in [0.1, 0.15) is 23.0 Å². The normalized spacial score (nSPS) is 19.0. The Morgan fingerprint density at radius 1 is 1.27 bits per heavy atom. The minimum Gasteiger partial charge on any atom is -0.493 e. The first-order chi connectivity index (χ1) is 15.3. The van der Waals surface area contributed by atoms with Crippen molar-refractivity contribution >= 4 is 23.6 Å². The summed E-state index contributed by atoms with van der Waals surface area (Å²) in [4.78, 5) is 16.8. The lowest BCUT2D eigenvalue weighted by atomic mass is 10.1. The van der Waals surface area contributed by atoms with Gasteiger partial charge in [-0.15, -0.1) is 12.4 Å². The number of methoxy groups -OCH3 is 1. The van der Waals surface area contributed by atoms with Gasteiger partial charge in [0.15, 0.2) is 22.6 Å². The number of aromatic nitrogens is 4. The van der Waals surface area contributed by atoms with Crippen molar-refractivity contribution in [2.75, 3.05) is 13.7 Å². The number of halogens is 1. The van der Waals surface area contributed by atoms with Crippen LogP contribution in [0.1, 0.15) is 51.4 Å². The molecule has 0 radical (unpaired) electrons. The maximum atomic E-state index is 10.4. The summed E-state index contributed by atoms with van der Waals surface area (Å²) < 4.78 is 13.5. The number of benzene rings is 1. The van der Waals surface area contributed by atoms with Crippen LogP contribution in [0.3, 0.4) is 0 Å². The molecule has 1 saturated carbocycles. The van der Waals surface area contributed by atoms with E-state index in [9.17, 15) is 10.2 Å². The molecule has 0 aliphatic heterocycles. The van der Waals surface area contributed by atoms with E-state index >= 15 is 0 Å². The van der Waals surface area contributed by atoms with Gasteiger partial charge in [-0.1, -0.05) is 6.07 Å². The number of aliphatic hydroxyl groups excluding tert-OH is 1. The standard InChI is InChI=1S/C23H31N5O4.ClH/c1-5-24-20-19-21(27-22(26-19)23(2,3)30)28(13-25-20)12-14-6-9-17(31-4)18(10-14)32-16-8-7-15(29)11-16;/h6,9-10,13,15-16,29-30H,5,7-8,11-12H2,1-4H3,(H,26,27);1H. The molecule has 10 heteroatoms. The average molecular weight is 478 g/mol. The maximum absolute atomic E-state index is 10.4. The molecule has 2 unspecified atom stereocenters. The lowest BCUT2D eigenvalue weighted by Crippen LogP contribution is -2.17. The Labute approximate surface area is 198 Å². The zero-order chi connectivity index (χ0) is 22.9. The quantitative estimate of drug-likeness (QED) is 0.481. The van der Waals surface area contributed by atoms with Crippen molar-refractivity contribution in [1.82, 2.24) is 19.5 Å². The predicted molar refractivity (Wildman–Crippen MR) is 127 cm³/mol. The van der Waals surface area contributed by atoms with Crippen molar-refractivity contribution in [3.05, 3.63) is 41.4 Å². The fourth-order valence-electron chi connectivity index (χ4n) is 3.96. The number of nitrogens with zero attached hydrogens (tertiary/aromatic N) is 4. The highest BCUT2D eigenvalue weighted by atomic mass is 35.5. The van der Waals surface area contributed by atoms with Crippen molar-refractivity contribution in [1.29, 1.82) is 0 Å². The van der Waals surface area contributed by atoms with Gasteiger partial charge in [0.05, 0.1) is 26.1 Å². The molecular formula is C23H32ClN5O4. The van der Waals surface area contributed by atoms with Crippen LogP contribution < -0.4 is 15.0 Å². The SMILES string of the molecule is CCN=c1ncn(Cc2ccc(OC)c(OC3CCC(O)C3)c2)c2nc(C(C)(C)O)[nH]c12.Cl. The molecule has 1 aromatic carbocycles. The summed E-state index contributed by atoms with van der Waals surface area (Å²) in [6.45, 7) is 6.42. The average Bonchev–Trinajstić information content (AvgIpc) is 3.37. The van der Waals surface area contributed by atoms with Gasteiger partial charge >= 0.3 is 0 Å². The molecule has 0 spiro atoms. The lowest BCUT2D eigenvalue weighted by Gasteiger charge is -2.17. The Bertz CT molecular complexity index is 1170. The van der Waals surface area contributed by atoms with Gasteiger partial charge in [0.2, 0.25) is 0 Å². The van der Waals surface area contributed by atoms with Crippen LogP contribution in [-0.2, 0) is 12.1 Å². The molecule has 2 aromatic heterocycles. The van der Waals surface area contributed by atoms with Crippen molar-refractivity contribution in [2.24, 2.45) is 4.99 Å². The Hall–Kier alpha value is -2.62. The zero-order valence-corrected chi connectivity index (χ0v) is 20.2. The van der Waals surface area contributed by atoms with E-state index in [0.29, 0.717) is 53.5 Å². The van der Waals surface area contributed by atoms with Crippen LogP contribution in [0.15, 0.2) is 29.5 Å². The molecule has 1 aliphatic carbocycles. The van der Waals surface area contributed by atoms with Gasteiger partial charge in [-0.25, -0.2) is 9.97 Å². The third kappa shape index (κ3) is 5.48. The molecule has 33 heavy (non-hydrogen) atoms. The number of ether oxygens (including phenoxy) is 2. The Morgan fingerprint density at radius 2 is 2.06 bits per heavy atom. The summed E-state index contributed by atoms with van der Waals surface area (Å²) in [6.07, 6.45) is 3.59. The monoisotopic (exact) mass is 477 g/mol. The fraction of sp³-hybridized carbons (Fsp3) is 0.522. The minimum absolute atomic E-state index is 0. The molecule has 180 valence electrons. The highest BCUT2D eigenvalue weighted by molar-refractivity contribution is 5.85. The van der Waals surface area contributed by atoms with Gasteiger partial charge in [-0.2, -0.15) is 0 Å². The van der Waals surface area contributed by atoms with Crippen LogP contribution in [-0.4, -0.2) is 55.6 Å². The van der Waals surface area contributed by atoms with Crippen LogP contribution in [0.2, 0.25) is 0 Å². The topological polar surface area (TPSA) is 118 Å². The number of fused-ring (bicyclic) bond motifs is 1. The van der Waals surface area contributed by atoms with Crippen LogP contribution in [0.5, 0.6) is 11.5 Å². The van der Waals surface area contributed by atoms with E-state index in [1.54, 1.807) is 27.3 Å². The van der Waals surface area contributed by atoms with Gasteiger partial charge in [-0.05, 0) is 51.3 Å². The van der Waals surface area contributed by atoms with Crippen molar-refractivity contribution in [3.8, 4) is 11.5 Å². The van der Waals surface area contributed by atoms with Gasteiger partial charge in [0, 0.05) is 13.0 Å². The van der Waals surface area contributed by atoms with E-state index in [1.165, 1.54) is 0 Å². The molecule has 0 bridgehead atoms. The molecular weight excluding hydrogens is 446 g/mol. The third-order valence-corrected chi connectivity index (χ3v) is 5.62. The number of nitrogens with one attached hydrogen (secondary N) is 1. The minimum atomic E-state index is -1.12. The second-order valence-electron chi connectivity index (χ2n) is 8.71. The summed E-state index contributed by atoms with van der Waals surface area (Å²) in [5.41, 5.74) is 1.80.